The third-order valence-electron chi connectivity index (χ3n) is 6.32. The van der Waals surface area contributed by atoms with Crippen molar-refractivity contribution in [3.8, 4) is 5.75 Å². The Morgan fingerprint density at radius 1 is 1.21 bits per heavy atom. The Labute approximate surface area is 201 Å². The highest BCUT2D eigenvalue weighted by atomic mass is 35.5. The molecule has 3 N–H and O–H groups in total. The summed E-state index contributed by atoms with van der Waals surface area (Å²) in [5, 5.41) is 24.3. The molecule has 1 aliphatic heterocycles. The smallest absolute Gasteiger partial charge is 0.307 e. The van der Waals surface area contributed by atoms with E-state index in [0.29, 0.717) is 35.9 Å². The Morgan fingerprint density at radius 3 is 2.61 bits per heavy atom. The third-order valence-corrected chi connectivity index (χ3v) is 6.58. The van der Waals surface area contributed by atoms with E-state index in [-0.39, 0.29) is 13.0 Å². The highest BCUT2D eigenvalue weighted by Gasteiger charge is 2.32. The molecule has 0 aliphatic carbocycles. The number of piperidine rings is 1. The molecule has 0 amide bonds. The number of benzene rings is 2. The molecule has 33 heavy (non-hydrogen) atoms. The fourth-order valence-electron chi connectivity index (χ4n) is 4.34. The van der Waals surface area contributed by atoms with Crippen LogP contribution in [0.15, 0.2) is 48.5 Å². The van der Waals surface area contributed by atoms with Gasteiger partial charge < -0.3 is 20.3 Å². The summed E-state index contributed by atoms with van der Waals surface area (Å²) >= 11 is 6.01. The molecule has 2 aromatic rings. The summed E-state index contributed by atoms with van der Waals surface area (Å²) in [6.07, 6.45) is 0.883. The standard InChI is InChI=1S/C26H35ClN2O4/c1-18-14-29(15-20-8-10-22(27)11-9-20)19(2)12-23(18)28-16-26(3,32)17-33-24-7-5-4-6-21(24)13-25(30)31/h4-11,18-19,23,28,32H,12-17H2,1-3H3,(H,30,31)/t18-,19-,23?,26?/m0/s1. The first-order chi connectivity index (χ1) is 15.6. The van der Waals surface area contributed by atoms with E-state index in [9.17, 15) is 9.90 Å². The number of carbonyl (C=O) groups is 1. The summed E-state index contributed by atoms with van der Waals surface area (Å²) in [4.78, 5) is 13.6. The zero-order valence-electron chi connectivity index (χ0n) is 19.6. The first kappa shape index (κ1) is 25.5. The molecule has 1 saturated heterocycles. The van der Waals surface area contributed by atoms with Gasteiger partial charge in [-0.15, -0.1) is 0 Å². The van der Waals surface area contributed by atoms with Crippen molar-refractivity contribution in [1.82, 2.24) is 10.2 Å². The largest absolute Gasteiger partial charge is 0.490 e. The normalized spacial score (nSPS) is 23.1. The number of nitrogens with one attached hydrogen (secondary N) is 1. The number of nitrogens with zero attached hydrogens (tertiary/aromatic N) is 1. The SMILES string of the molecule is C[C@H]1CN(Cc2ccc(Cl)cc2)[C@@H](C)CC1NCC(C)(O)COc1ccccc1CC(=O)O. The molecule has 0 bridgehead atoms. The van der Waals surface area contributed by atoms with Crippen LogP contribution in [-0.2, 0) is 17.8 Å². The topological polar surface area (TPSA) is 82.0 Å². The van der Waals surface area contributed by atoms with E-state index in [0.717, 1.165) is 24.5 Å². The molecule has 0 spiro atoms. The van der Waals surface area contributed by atoms with Crippen LogP contribution < -0.4 is 10.1 Å². The summed E-state index contributed by atoms with van der Waals surface area (Å²) in [5.74, 6) is 0.0178. The average molecular weight is 475 g/mol. The number of aliphatic hydroxyl groups is 1. The third kappa shape index (κ3) is 7.71. The maximum Gasteiger partial charge on any atom is 0.307 e. The minimum atomic E-state index is -1.08. The Hall–Kier alpha value is -2.12. The lowest BCUT2D eigenvalue weighted by atomic mass is 9.88. The molecule has 1 heterocycles. The second kappa shape index (κ2) is 11.3. The highest BCUT2D eigenvalue weighted by molar-refractivity contribution is 6.30. The van der Waals surface area contributed by atoms with Gasteiger partial charge in [0.25, 0.3) is 0 Å². The second-order valence-corrected chi connectivity index (χ2v) is 10.0. The molecule has 180 valence electrons. The van der Waals surface area contributed by atoms with Crippen molar-refractivity contribution >= 4 is 17.6 Å². The van der Waals surface area contributed by atoms with E-state index >= 15 is 0 Å². The van der Waals surface area contributed by atoms with E-state index < -0.39 is 11.6 Å². The number of hydrogen-bond acceptors (Lipinski definition) is 5. The van der Waals surface area contributed by atoms with Crippen LogP contribution in [0.25, 0.3) is 0 Å². The lowest BCUT2D eigenvalue weighted by Gasteiger charge is -2.43. The fraction of sp³-hybridized carbons (Fsp3) is 0.500. The van der Waals surface area contributed by atoms with Crippen molar-refractivity contribution in [3.63, 3.8) is 0 Å². The van der Waals surface area contributed by atoms with Gasteiger partial charge in [0, 0.05) is 42.3 Å². The summed E-state index contributed by atoms with van der Waals surface area (Å²) in [7, 11) is 0. The van der Waals surface area contributed by atoms with Gasteiger partial charge in [0.15, 0.2) is 0 Å². The van der Waals surface area contributed by atoms with Crippen molar-refractivity contribution in [3.05, 3.63) is 64.7 Å². The van der Waals surface area contributed by atoms with Crippen LogP contribution in [0.4, 0.5) is 0 Å². The van der Waals surface area contributed by atoms with Gasteiger partial charge in [-0.3, -0.25) is 9.69 Å². The molecule has 6 nitrogen and oxygen atoms in total. The van der Waals surface area contributed by atoms with Crippen molar-refractivity contribution in [2.75, 3.05) is 19.7 Å². The van der Waals surface area contributed by atoms with Crippen LogP contribution in [0.2, 0.25) is 5.02 Å². The molecule has 1 fully saturated rings. The minimum Gasteiger partial charge on any atom is -0.490 e. The maximum atomic E-state index is 11.1. The number of carboxylic acids is 1. The molecule has 2 unspecified atom stereocenters. The lowest BCUT2D eigenvalue weighted by Crippen LogP contribution is -2.55. The zero-order valence-corrected chi connectivity index (χ0v) is 20.4. The maximum absolute atomic E-state index is 11.1. The van der Waals surface area contributed by atoms with Gasteiger partial charge in [-0.2, -0.15) is 0 Å². The van der Waals surface area contributed by atoms with Crippen LogP contribution in [-0.4, -0.2) is 58.5 Å². The second-order valence-electron chi connectivity index (χ2n) is 9.57. The quantitative estimate of drug-likeness (QED) is 0.483. The average Bonchev–Trinajstić information content (AvgIpc) is 2.76. The van der Waals surface area contributed by atoms with Crippen LogP contribution in [0.5, 0.6) is 5.75 Å². The number of rotatable bonds is 10. The molecule has 2 aromatic carbocycles. The van der Waals surface area contributed by atoms with E-state index in [1.165, 1.54) is 5.56 Å². The summed E-state index contributed by atoms with van der Waals surface area (Å²) in [6.45, 7) is 8.58. The lowest BCUT2D eigenvalue weighted by molar-refractivity contribution is -0.136. The molecule has 1 aliphatic rings. The molecule has 3 rings (SSSR count). The number of ether oxygens (including phenoxy) is 1. The van der Waals surface area contributed by atoms with E-state index in [1.54, 1.807) is 31.2 Å². The molecule has 4 atom stereocenters. The van der Waals surface area contributed by atoms with E-state index in [4.69, 9.17) is 21.4 Å². The molecule has 0 aromatic heterocycles. The summed E-state index contributed by atoms with van der Waals surface area (Å²) in [6, 6.07) is 15.8. The van der Waals surface area contributed by atoms with Crippen LogP contribution in [0, 0.1) is 5.92 Å². The van der Waals surface area contributed by atoms with Crippen molar-refractivity contribution in [1.29, 1.82) is 0 Å². The zero-order chi connectivity index (χ0) is 24.0. The van der Waals surface area contributed by atoms with Crippen LogP contribution >= 0.6 is 11.6 Å². The van der Waals surface area contributed by atoms with Crippen LogP contribution in [0.3, 0.4) is 0 Å². The van der Waals surface area contributed by atoms with Gasteiger partial charge in [-0.05, 0) is 49.9 Å². The van der Waals surface area contributed by atoms with E-state index in [2.05, 4.69) is 36.2 Å². The number of aliphatic carboxylic acids is 1. The highest BCUT2D eigenvalue weighted by Crippen LogP contribution is 2.25. The Bertz CT molecular complexity index is 919. The van der Waals surface area contributed by atoms with Gasteiger partial charge in [-0.25, -0.2) is 0 Å². The van der Waals surface area contributed by atoms with Crippen LogP contribution in [0.1, 0.15) is 38.3 Å². The Kier molecular flexibility index (Phi) is 8.76. The molecule has 0 radical (unpaired) electrons. The van der Waals surface area contributed by atoms with E-state index in [1.807, 2.05) is 12.1 Å². The predicted octanol–water partition coefficient (Wildman–Crippen LogP) is 3.99. The first-order valence-electron chi connectivity index (χ1n) is 11.5. The van der Waals surface area contributed by atoms with Crippen molar-refractivity contribution in [2.45, 2.75) is 57.8 Å². The van der Waals surface area contributed by atoms with Gasteiger partial charge >= 0.3 is 5.97 Å². The summed E-state index contributed by atoms with van der Waals surface area (Å²) in [5.41, 5.74) is 0.775. The first-order valence-corrected chi connectivity index (χ1v) is 11.9. The van der Waals surface area contributed by atoms with Crippen molar-refractivity contribution in [2.24, 2.45) is 5.92 Å². The van der Waals surface area contributed by atoms with Gasteiger partial charge in [0.1, 0.15) is 18.0 Å². The molecule has 0 saturated carbocycles. The molecule has 7 heteroatoms. The predicted molar refractivity (Wildman–Crippen MR) is 131 cm³/mol. The van der Waals surface area contributed by atoms with Gasteiger partial charge in [0.2, 0.25) is 0 Å². The van der Waals surface area contributed by atoms with Crippen molar-refractivity contribution < 1.29 is 19.7 Å². The number of halogens is 1. The number of hydrogen-bond donors (Lipinski definition) is 3. The van der Waals surface area contributed by atoms with Gasteiger partial charge in [0.05, 0.1) is 6.42 Å². The number of para-hydroxylation sites is 1. The Morgan fingerprint density at radius 2 is 1.91 bits per heavy atom. The number of carboxylic acid groups (broad SMARTS) is 1. The minimum absolute atomic E-state index is 0.0793. The monoisotopic (exact) mass is 474 g/mol. The summed E-state index contributed by atoms with van der Waals surface area (Å²) < 4.78 is 5.81. The Balaban J connectivity index is 1.50. The number of likely N-dealkylation sites (tertiary alicyclic amines) is 1. The fourth-order valence-corrected chi connectivity index (χ4v) is 4.47. The molecular weight excluding hydrogens is 440 g/mol. The molecular formula is C26H35ClN2O4. The van der Waals surface area contributed by atoms with Gasteiger partial charge in [-0.1, -0.05) is 48.9 Å².